The number of amides is 1. The van der Waals surface area contributed by atoms with Gasteiger partial charge in [-0.2, -0.15) is 5.10 Å². The van der Waals surface area contributed by atoms with Crippen molar-refractivity contribution in [2.75, 3.05) is 12.4 Å². The van der Waals surface area contributed by atoms with Gasteiger partial charge in [-0.1, -0.05) is 11.8 Å². The van der Waals surface area contributed by atoms with Gasteiger partial charge >= 0.3 is 0 Å². The normalized spacial score (nSPS) is 19.8. The first-order valence-corrected chi connectivity index (χ1v) is 7.49. The van der Waals surface area contributed by atoms with Crippen molar-refractivity contribution < 1.29 is 9.53 Å². The molecule has 1 fully saturated rings. The fourth-order valence-electron chi connectivity index (χ4n) is 1.89. The maximum absolute atomic E-state index is 11.0. The van der Waals surface area contributed by atoms with E-state index in [-0.39, 0.29) is 5.91 Å². The van der Waals surface area contributed by atoms with Gasteiger partial charge < -0.3 is 10.1 Å². The quantitative estimate of drug-likeness (QED) is 0.661. The van der Waals surface area contributed by atoms with E-state index in [2.05, 4.69) is 31.4 Å². The summed E-state index contributed by atoms with van der Waals surface area (Å²) in [6.45, 7) is 0.722. The molecule has 0 radical (unpaired) electrons. The van der Waals surface area contributed by atoms with Crippen LogP contribution in [-0.4, -0.2) is 29.6 Å². The number of nitrogens with one attached hydrogen (secondary N) is 1. The molecular formula is C12H10BrN3O2S. The molecule has 1 N–H and O–H groups in total. The summed E-state index contributed by atoms with van der Waals surface area (Å²) in [6, 6.07) is 3.98. The lowest BCUT2D eigenvalue weighted by molar-refractivity contribution is -0.116. The van der Waals surface area contributed by atoms with E-state index >= 15 is 0 Å². The van der Waals surface area contributed by atoms with Crippen molar-refractivity contribution in [2.45, 2.75) is 6.42 Å². The van der Waals surface area contributed by atoms with Gasteiger partial charge in [-0.15, -0.1) is 5.10 Å². The third-order valence-corrected chi connectivity index (χ3v) is 4.16. The number of thioether (sulfide) groups is 1. The van der Waals surface area contributed by atoms with Gasteiger partial charge in [0.05, 0.1) is 23.0 Å². The molecule has 5 nitrogen and oxygen atoms in total. The number of carbonyl (C=O) groups excluding carboxylic acids is 1. The lowest BCUT2D eigenvalue weighted by Gasteiger charge is -2.03. The minimum absolute atomic E-state index is 0.0311. The third-order valence-electron chi connectivity index (χ3n) is 2.70. The molecule has 2 aliphatic heterocycles. The summed E-state index contributed by atoms with van der Waals surface area (Å²) in [7, 11) is 0. The minimum Gasteiger partial charge on any atom is -0.492 e. The van der Waals surface area contributed by atoms with Crippen molar-refractivity contribution in [3.05, 3.63) is 27.7 Å². The number of rotatable bonds is 2. The summed E-state index contributed by atoms with van der Waals surface area (Å²) in [5, 5.41) is 11.1. The summed E-state index contributed by atoms with van der Waals surface area (Å²) < 4.78 is 6.44. The first kappa shape index (κ1) is 12.7. The number of hydrogen-bond acceptors (Lipinski definition) is 5. The van der Waals surface area contributed by atoms with Crippen molar-refractivity contribution in [1.82, 2.24) is 5.32 Å². The van der Waals surface area contributed by atoms with Gasteiger partial charge in [0, 0.05) is 6.42 Å². The van der Waals surface area contributed by atoms with E-state index in [1.165, 1.54) is 17.3 Å². The summed E-state index contributed by atoms with van der Waals surface area (Å²) in [5.74, 6) is 1.30. The first-order chi connectivity index (χ1) is 9.22. The maximum Gasteiger partial charge on any atom is 0.236 e. The fraction of sp³-hybridized carbons (Fsp3) is 0.250. The molecule has 0 spiro atoms. The van der Waals surface area contributed by atoms with E-state index in [1.54, 1.807) is 6.21 Å². The molecule has 1 amide bonds. The van der Waals surface area contributed by atoms with E-state index in [0.29, 0.717) is 10.9 Å². The molecule has 0 saturated carbocycles. The second kappa shape index (κ2) is 5.34. The van der Waals surface area contributed by atoms with Crippen LogP contribution in [-0.2, 0) is 11.2 Å². The van der Waals surface area contributed by atoms with Crippen molar-refractivity contribution in [3.8, 4) is 5.75 Å². The third kappa shape index (κ3) is 2.82. The number of hydrogen-bond donors (Lipinski definition) is 1. The van der Waals surface area contributed by atoms with E-state index in [4.69, 9.17) is 4.74 Å². The van der Waals surface area contributed by atoms with Crippen LogP contribution in [0.15, 0.2) is 26.8 Å². The number of carbonyl (C=O) groups is 1. The van der Waals surface area contributed by atoms with E-state index in [0.717, 1.165) is 28.8 Å². The average Bonchev–Trinajstić information content (AvgIpc) is 2.98. The standard InChI is InChI=1S/C12H10BrN3O2S/c13-9-4-7(3-8-1-2-18-11(8)9)5-14-16-12-15-10(17)6-19-12/h3-5H,1-2,6H2,(H,15,16,17). The number of fused-ring (bicyclic) bond motifs is 1. The Kier molecular flexibility index (Phi) is 3.56. The topological polar surface area (TPSA) is 63.0 Å². The molecule has 3 rings (SSSR count). The fourth-order valence-corrected chi connectivity index (χ4v) is 3.15. The Labute approximate surface area is 122 Å². The SMILES string of the molecule is O=C1CSC(=NN=Cc2cc(Br)c3c(c2)CCO3)N1. The Hall–Kier alpha value is -1.34. The number of ether oxygens (including phenoxy) is 1. The lowest BCUT2D eigenvalue weighted by Crippen LogP contribution is -2.19. The van der Waals surface area contributed by atoms with Gasteiger partial charge in [-0.25, -0.2) is 0 Å². The Morgan fingerprint density at radius 2 is 2.37 bits per heavy atom. The van der Waals surface area contributed by atoms with E-state index in [1.807, 2.05) is 12.1 Å². The van der Waals surface area contributed by atoms with Crippen LogP contribution in [0.3, 0.4) is 0 Å². The van der Waals surface area contributed by atoms with Crippen LogP contribution in [0.25, 0.3) is 0 Å². The van der Waals surface area contributed by atoms with E-state index < -0.39 is 0 Å². The highest BCUT2D eigenvalue weighted by atomic mass is 79.9. The lowest BCUT2D eigenvalue weighted by atomic mass is 10.1. The largest absolute Gasteiger partial charge is 0.492 e. The Bertz CT molecular complexity index is 601. The van der Waals surface area contributed by atoms with Crippen LogP contribution in [0.1, 0.15) is 11.1 Å². The Morgan fingerprint density at radius 1 is 1.47 bits per heavy atom. The number of benzene rings is 1. The summed E-state index contributed by atoms with van der Waals surface area (Å²) in [6.07, 6.45) is 2.58. The molecule has 1 aromatic rings. The molecule has 1 aromatic carbocycles. The zero-order valence-electron chi connectivity index (χ0n) is 9.85. The molecule has 0 aromatic heterocycles. The van der Waals surface area contributed by atoms with Crippen LogP contribution in [0.5, 0.6) is 5.75 Å². The van der Waals surface area contributed by atoms with Crippen LogP contribution in [0, 0.1) is 0 Å². The van der Waals surface area contributed by atoms with Gasteiger partial charge in [0.2, 0.25) is 5.91 Å². The molecule has 98 valence electrons. The van der Waals surface area contributed by atoms with Gasteiger partial charge in [-0.05, 0) is 39.2 Å². The van der Waals surface area contributed by atoms with Gasteiger partial charge in [0.15, 0.2) is 5.17 Å². The average molecular weight is 340 g/mol. The second-order valence-electron chi connectivity index (χ2n) is 4.08. The zero-order valence-corrected chi connectivity index (χ0v) is 12.3. The molecule has 19 heavy (non-hydrogen) atoms. The Morgan fingerprint density at radius 3 is 3.16 bits per heavy atom. The molecule has 2 aliphatic rings. The molecular weight excluding hydrogens is 330 g/mol. The van der Waals surface area contributed by atoms with Crippen molar-refractivity contribution in [2.24, 2.45) is 10.2 Å². The van der Waals surface area contributed by atoms with Crippen molar-refractivity contribution in [1.29, 1.82) is 0 Å². The highest BCUT2D eigenvalue weighted by molar-refractivity contribution is 9.10. The summed E-state index contributed by atoms with van der Waals surface area (Å²) in [4.78, 5) is 11.0. The van der Waals surface area contributed by atoms with Crippen LogP contribution < -0.4 is 10.1 Å². The molecule has 2 heterocycles. The summed E-state index contributed by atoms with van der Waals surface area (Å²) in [5.41, 5.74) is 2.13. The predicted molar refractivity (Wildman–Crippen MR) is 79.0 cm³/mol. The molecule has 0 unspecified atom stereocenters. The molecule has 7 heteroatoms. The highest BCUT2D eigenvalue weighted by Crippen LogP contribution is 2.34. The molecule has 0 bridgehead atoms. The summed E-state index contributed by atoms with van der Waals surface area (Å²) >= 11 is 4.84. The van der Waals surface area contributed by atoms with Crippen LogP contribution in [0.4, 0.5) is 0 Å². The maximum atomic E-state index is 11.0. The highest BCUT2D eigenvalue weighted by Gasteiger charge is 2.17. The van der Waals surface area contributed by atoms with Crippen molar-refractivity contribution >= 4 is 45.0 Å². The van der Waals surface area contributed by atoms with Gasteiger partial charge in [-0.3, -0.25) is 4.79 Å². The molecule has 0 atom stereocenters. The number of nitrogens with zero attached hydrogens (tertiary/aromatic N) is 2. The smallest absolute Gasteiger partial charge is 0.236 e. The Balaban J connectivity index is 1.77. The second-order valence-corrected chi connectivity index (χ2v) is 5.89. The minimum atomic E-state index is -0.0311. The van der Waals surface area contributed by atoms with E-state index in [9.17, 15) is 4.79 Å². The predicted octanol–water partition coefficient (Wildman–Crippen LogP) is 1.94. The molecule has 1 saturated heterocycles. The van der Waals surface area contributed by atoms with Crippen LogP contribution in [0.2, 0.25) is 0 Å². The number of halogens is 1. The van der Waals surface area contributed by atoms with Gasteiger partial charge in [0.1, 0.15) is 5.75 Å². The molecule has 0 aliphatic carbocycles. The first-order valence-electron chi connectivity index (χ1n) is 5.71. The van der Waals surface area contributed by atoms with Gasteiger partial charge in [0.25, 0.3) is 0 Å². The number of amidine groups is 1. The zero-order chi connectivity index (χ0) is 13.2. The monoisotopic (exact) mass is 339 g/mol. The van der Waals surface area contributed by atoms with Crippen molar-refractivity contribution in [3.63, 3.8) is 0 Å². The van der Waals surface area contributed by atoms with Crippen LogP contribution >= 0.6 is 27.7 Å².